The van der Waals surface area contributed by atoms with Gasteiger partial charge in [0.05, 0.1) is 5.56 Å². The molecule has 0 atom stereocenters. The molecule has 2 aromatic rings. The van der Waals surface area contributed by atoms with Crippen molar-refractivity contribution < 1.29 is 22.7 Å². The fourth-order valence-electron chi connectivity index (χ4n) is 1.40. The number of ether oxygens (including phenoxy) is 1. The number of benzene rings is 2. The van der Waals surface area contributed by atoms with Crippen LogP contribution in [0.4, 0.5) is 13.2 Å². The third kappa shape index (κ3) is 2.34. The SMILES string of the molecule is O=Cc1c(F)cccc1Oc1ccc(F)cc1F. The highest BCUT2D eigenvalue weighted by molar-refractivity contribution is 5.79. The predicted octanol–water partition coefficient (Wildman–Crippen LogP) is 3.71. The molecule has 0 fully saturated rings. The van der Waals surface area contributed by atoms with E-state index < -0.39 is 17.5 Å². The van der Waals surface area contributed by atoms with Gasteiger partial charge in [-0.2, -0.15) is 0 Å². The largest absolute Gasteiger partial charge is 0.453 e. The number of carbonyl (C=O) groups is 1. The molecule has 2 rings (SSSR count). The normalized spacial score (nSPS) is 10.2. The zero-order valence-electron chi connectivity index (χ0n) is 8.99. The second kappa shape index (κ2) is 4.91. The van der Waals surface area contributed by atoms with E-state index in [0.29, 0.717) is 6.07 Å². The van der Waals surface area contributed by atoms with E-state index in [9.17, 15) is 18.0 Å². The summed E-state index contributed by atoms with van der Waals surface area (Å²) in [6.45, 7) is 0. The highest BCUT2D eigenvalue weighted by Crippen LogP contribution is 2.28. The minimum atomic E-state index is -0.934. The van der Waals surface area contributed by atoms with Crippen LogP contribution in [0.2, 0.25) is 0 Å². The number of rotatable bonds is 3. The summed E-state index contributed by atoms with van der Waals surface area (Å²) in [4.78, 5) is 10.7. The first kappa shape index (κ1) is 12.2. The van der Waals surface area contributed by atoms with Gasteiger partial charge in [-0.3, -0.25) is 4.79 Å². The summed E-state index contributed by atoms with van der Waals surface area (Å²) in [5.74, 6) is -2.88. The van der Waals surface area contributed by atoms with Gasteiger partial charge < -0.3 is 4.74 Å². The van der Waals surface area contributed by atoms with Crippen molar-refractivity contribution >= 4 is 6.29 Å². The van der Waals surface area contributed by atoms with Gasteiger partial charge >= 0.3 is 0 Å². The molecule has 0 bridgehead atoms. The molecule has 0 N–H and O–H groups in total. The second-order valence-corrected chi connectivity index (χ2v) is 3.45. The van der Waals surface area contributed by atoms with Gasteiger partial charge in [-0.25, -0.2) is 13.2 Å². The molecule has 0 aromatic heterocycles. The predicted molar refractivity (Wildman–Crippen MR) is 58.2 cm³/mol. The molecule has 0 aliphatic carbocycles. The lowest BCUT2D eigenvalue weighted by Gasteiger charge is -2.09. The summed E-state index contributed by atoms with van der Waals surface area (Å²) in [5, 5.41) is 0. The molecule has 0 heterocycles. The van der Waals surface area contributed by atoms with Crippen LogP contribution in [0.1, 0.15) is 10.4 Å². The van der Waals surface area contributed by atoms with Crippen molar-refractivity contribution in [3.63, 3.8) is 0 Å². The Balaban J connectivity index is 2.40. The third-order valence-corrected chi connectivity index (χ3v) is 2.24. The van der Waals surface area contributed by atoms with Gasteiger partial charge in [-0.05, 0) is 24.3 Å². The molecule has 0 unspecified atom stereocenters. The Labute approximate surface area is 101 Å². The van der Waals surface area contributed by atoms with Crippen LogP contribution < -0.4 is 4.74 Å². The smallest absolute Gasteiger partial charge is 0.168 e. The zero-order chi connectivity index (χ0) is 13.1. The first-order valence-electron chi connectivity index (χ1n) is 4.98. The Bertz CT molecular complexity index is 597. The van der Waals surface area contributed by atoms with Crippen molar-refractivity contribution in [3.05, 3.63) is 59.4 Å². The van der Waals surface area contributed by atoms with Gasteiger partial charge in [-0.15, -0.1) is 0 Å². The number of halogens is 3. The van der Waals surface area contributed by atoms with Crippen molar-refractivity contribution in [1.82, 2.24) is 0 Å². The molecule has 0 radical (unpaired) electrons. The molecule has 0 amide bonds. The molecule has 18 heavy (non-hydrogen) atoms. The van der Waals surface area contributed by atoms with Gasteiger partial charge in [0.1, 0.15) is 17.4 Å². The molecular formula is C13H7F3O2. The fourth-order valence-corrected chi connectivity index (χ4v) is 1.40. The molecule has 0 saturated carbocycles. The lowest BCUT2D eigenvalue weighted by molar-refractivity contribution is 0.111. The summed E-state index contributed by atoms with van der Waals surface area (Å²) in [5.41, 5.74) is -0.318. The Morgan fingerprint density at radius 2 is 1.72 bits per heavy atom. The van der Waals surface area contributed by atoms with E-state index in [1.807, 2.05) is 0 Å². The Kier molecular flexibility index (Phi) is 3.32. The summed E-state index contributed by atoms with van der Waals surface area (Å²) < 4.78 is 44.3. The van der Waals surface area contributed by atoms with Crippen LogP contribution in [0.3, 0.4) is 0 Å². The standard InChI is InChI=1S/C13H7F3O2/c14-8-4-5-13(11(16)6-8)18-12-3-1-2-10(15)9(12)7-17/h1-7H. The van der Waals surface area contributed by atoms with E-state index in [4.69, 9.17) is 4.74 Å². The van der Waals surface area contributed by atoms with Crippen LogP contribution in [0.5, 0.6) is 11.5 Å². The number of hydrogen-bond donors (Lipinski definition) is 0. The van der Waals surface area contributed by atoms with Crippen LogP contribution in [-0.2, 0) is 0 Å². The van der Waals surface area contributed by atoms with Gasteiger partial charge in [0, 0.05) is 6.07 Å². The quantitative estimate of drug-likeness (QED) is 0.778. The molecule has 2 aromatic carbocycles. The summed E-state index contributed by atoms with van der Waals surface area (Å²) in [7, 11) is 0. The Morgan fingerprint density at radius 1 is 0.944 bits per heavy atom. The molecule has 0 aliphatic heterocycles. The lowest BCUT2D eigenvalue weighted by Crippen LogP contribution is -1.95. The highest BCUT2D eigenvalue weighted by atomic mass is 19.1. The fraction of sp³-hybridized carbons (Fsp3) is 0. The maximum Gasteiger partial charge on any atom is 0.168 e. The number of hydrogen-bond acceptors (Lipinski definition) is 2. The maximum absolute atomic E-state index is 13.3. The van der Waals surface area contributed by atoms with Crippen LogP contribution >= 0.6 is 0 Å². The molecule has 92 valence electrons. The third-order valence-electron chi connectivity index (χ3n) is 2.24. The highest BCUT2D eigenvalue weighted by Gasteiger charge is 2.12. The van der Waals surface area contributed by atoms with E-state index in [-0.39, 0.29) is 23.3 Å². The summed E-state index contributed by atoms with van der Waals surface area (Å²) in [6, 6.07) is 6.41. The van der Waals surface area contributed by atoms with Gasteiger partial charge in [0.2, 0.25) is 0 Å². The lowest BCUT2D eigenvalue weighted by atomic mass is 10.2. The Hall–Kier alpha value is -2.30. The van der Waals surface area contributed by atoms with E-state index >= 15 is 0 Å². The average molecular weight is 252 g/mol. The first-order valence-corrected chi connectivity index (χ1v) is 4.98. The van der Waals surface area contributed by atoms with E-state index in [1.54, 1.807) is 0 Å². The Morgan fingerprint density at radius 3 is 2.39 bits per heavy atom. The zero-order valence-corrected chi connectivity index (χ0v) is 8.99. The minimum absolute atomic E-state index is 0.129. The summed E-state index contributed by atoms with van der Waals surface area (Å²) >= 11 is 0. The van der Waals surface area contributed by atoms with Crippen molar-refractivity contribution in [1.29, 1.82) is 0 Å². The van der Waals surface area contributed by atoms with Crippen molar-refractivity contribution in [3.8, 4) is 11.5 Å². The molecular weight excluding hydrogens is 245 g/mol. The maximum atomic E-state index is 13.3. The van der Waals surface area contributed by atoms with Gasteiger partial charge in [-0.1, -0.05) is 6.07 Å². The van der Waals surface area contributed by atoms with Crippen molar-refractivity contribution in [2.75, 3.05) is 0 Å². The molecule has 0 aliphatic rings. The molecule has 5 heteroatoms. The van der Waals surface area contributed by atoms with Crippen LogP contribution in [0, 0.1) is 17.5 Å². The topological polar surface area (TPSA) is 26.3 Å². The van der Waals surface area contributed by atoms with Crippen molar-refractivity contribution in [2.24, 2.45) is 0 Å². The summed E-state index contributed by atoms with van der Waals surface area (Å²) in [6.07, 6.45) is 0.270. The van der Waals surface area contributed by atoms with Gasteiger partial charge in [0.15, 0.2) is 17.9 Å². The minimum Gasteiger partial charge on any atom is -0.453 e. The molecule has 2 nitrogen and oxygen atoms in total. The van der Waals surface area contributed by atoms with E-state index in [0.717, 1.165) is 18.2 Å². The second-order valence-electron chi connectivity index (χ2n) is 3.45. The van der Waals surface area contributed by atoms with Crippen LogP contribution in [0.15, 0.2) is 36.4 Å². The van der Waals surface area contributed by atoms with Crippen LogP contribution in [0.25, 0.3) is 0 Å². The number of carbonyl (C=O) groups excluding carboxylic acids is 1. The van der Waals surface area contributed by atoms with E-state index in [2.05, 4.69) is 0 Å². The van der Waals surface area contributed by atoms with E-state index in [1.165, 1.54) is 12.1 Å². The average Bonchev–Trinajstić information content (AvgIpc) is 2.33. The van der Waals surface area contributed by atoms with Crippen molar-refractivity contribution in [2.45, 2.75) is 0 Å². The molecule has 0 saturated heterocycles. The molecule has 0 spiro atoms. The van der Waals surface area contributed by atoms with Gasteiger partial charge in [0.25, 0.3) is 0 Å². The monoisotopic (exact) mass is 252 g/mol. The first-order chi connectivity index (χ1) is 8.61. The number of aldehydes is 1. The van der Waals surface area contributed by atoms with Crippen LogP contribution in [-0.4, -0.2) is 6.29 Å².